The van der Waals surface area contributed by atoms with E-state index in [4.69, 9.17) is 0 Å². The van der Waals surface area contributed by atoms with Crippen LogP contribution in [-0.2, 0) is 0 Å². The molecule has 0 atom stereocenters. The maximum absolute atomic E-state index is 10.5. The maximum Gasteiger partial charge on any atom is 0.151 e. The lowest BCUT2D eigenvalue weighted by atomic mass is 10.2. The van der Waals surface area contributed by atoms with Gasteiger partial charge in [-0.25, -0.2) is 0 Å². The van der Waals surface area contributed by atoms with Gasteiger partial charge in [-0.3, -0.25) is 4.79 Å². The van der Waals surface area contributed by atoms with E-state index in [9.17, 15) is 9.90 Å². The van der Waals surface area contributed by atoms with Crippen LogP contribution in [0.3, 0.4) is 0 Å². The summed E-state index contributed by atoms with van der Waals surface area (Å²) in [5.74, 6) is 0.177. The van der Waals surface area contributed by atoms with Crippen molar-refractivity contribution in [1.29, 1.82) is 0 Å². The Morgan fingerprint density at radius 1 is 1.42 bits per heavy atom. The number of hydrogen-bond donors (Lipinski definition) is 1. The molecule has 1 aromatic heterocycles. The Balaban J connectivity index is 2.91. The predicted octanol–water partition coefficient (Wildman–Crippen LogP) is 2.42. The van der Waals surface area contributed by atoms with Gasteiger partial charge >= 0.3 is 0 Å². The van der Waals surface area contributed by atoms with E-state index in [2.05, 4.69) is 0 Å². The van der Waals surface area contributed by atoms with E-state index in [0.29, 0.717) is 10.9 Å². The van der Waals surface area contributed by atoms with Crippen molar-refractivity contribution in [2.24, 2.45) is 0 Å². The van der Waals surface area contributed by atoms with E-state index >= 15 is 0 Å². The fourth-order valence-electron chi connectivity index (χ4n) is 1.18. The molecule has 60 valence electrons. The molecular formula is C9H6O2S. The van der Waals surface area contributed by atoms with E-state index in [1.165, 1.54) is 11.3 Å². The first kappa shape index (κ1) is 7.31. The molecule has 12 heavy (non-hydrogen) atoms. The maximum atomic E-state index is 10.5. The number of carbonyl (C=O) groups is 1. The van der Waals surface area contributed by atoms with E-state index in [-0.39, 0.29) is 5.75 Å². The molecule has 1 N–H and O–H groups in total. The topological polar surface area (TPSA) is 37.3 Å². The average molecular weight is 178 g/mol. The molecule has 0 unspecified atom stereocenters. The summed E-state index contributed by atoms with van der Waals surface area (Å²) in [5.41, 5.74) is 0.563. The monoisotopic (exact) mass is 178 g/mol. The van der Waals surface area contributed by atoms with Gasteiger partial charge in [0.1, 0.15) is 5.75 Å². The van der Waals surface area contributed by atoms with Crippen LogP contribution in [0.4, 0.5) is 0 Å². The Kier molecular flexibility index (Phi) is 1.59. The van der Waals surface area contributed by atoms with Crippen molar-refractivity contribution in [2.45, 2.75) is 0 Å². The highest BCUT2D eigenvalue weighted by atomic mass is 32.1. The molecule has 0 spiro atoms. The van der Waals surface area contributed by atoms with Crippen LogP contribution in [-0.4, -0.2) is 11.4 Å². The van der Waals surface area contributed by atoms with Gasteiger partial charge in [-0.1, -0.05) is 6.07 Å². The van der Waals surface area contributed by atoms with Gasteiger partial charge in [0.25, 0.3) is 0 Å². The van der Waals surface area contributed by atoms with Gasteiger partial charge in [-0.15, -0.1) is 11.3 Å². The zero-order chi connectivity index (χ0) is 8.55. The second-order valence-corrected chi connectivity index (χ2v) is 3.37. The minimum absolute atomic E-state index is 0.177. The SMILES string of the molecule is O=Cc1csc2cccc(O)c12. The third-order valence-electron chi connectivity index (χ3n) is 1.73. The first-order valence-electron chi connectivity index (χ1n) is 3.47. The van der Waals surface area contributed by atoms with Crippen molar-refractivity contribution in [3.8, 4) is 5.75 Å². The van der Waals surface area contributed by atoms with E-state index in [1.54, 1.807) is 17.5 Å². The molecule has 0 radical (unpaired) electrons. The van der Waals surface area contributed by atoms with Crippen LogP contribution in [0.5, 0.6) is 5.75 Å². The van der Waals surface area contributed by atoms with Crippen LogP contribution in [0, 0.1) is 0 Å². The summed E-state index contributed by atoms with van der Waals surface area (Å²) < 4.78 is 0.942. The second-order valence-electron chi connectivity index (χ2n) is 2.46. The molecule has 1 aromatic carbocycles. The summed E-state index contributed by atoms with van der Waals surface area (Å²) in [7, 11) is 0. The molecule has 2 aromatic rings. The summed E-state index contributed by atoms with van der Waals surface area (Å²) in [6.45, 7) is 0. The van der Waals surface area contributed by atoms with Crippen molar-refractivity contribution >= 4 is 27.7 Å². The number of phenols is 1. The van der Waals surface area contributed by atoms with E-state index < -0.39 is 0 Å². The highest BCUT2D eigenvalue weighted by Crippen LogP contribution is 2.31. The number of carbonyl (C=O) groups excluding carboxylic acids is 1. The first-order valence-corrected chi connectivity index (χ1v) is 4.35. The number of aromatic hydroxyl groups is 1. The van der Waals surface area contributed by atoms with Crippen molar-refractivity contribution in [3.63, 3.8) is 0 Å². The largest absolute Gasteiger partial charge is 0.507 e. The lowest BCUT2D eigenvalue weighted by molar-refractivity contribution is 0.112. The van der Waals surface area contributed by atoms with Crippen molar-refractivity contribution in [3.05, 3.63) is 29.1 Å². The number of thiophene rings is 1. The molecule has 0 saturated carbocycles. The number of phenolic OH excluding ortho intramolecular Hbond substituents is 1. The molecule has 2 nitrogen and oxygen atoms in total. The average Bonchev–Trinajstić information content (AvgIpc) is 2.49. The lowest BCUT2D eigenvalue weighted by Gasteiger charge is -1.93. The molecule has 0 aliphatic rings. The van der Waals surface area contributed by atoms with Gasteiger partial charge in [0, 0.05) is 21.0 Å². The van der Waals surface area contributed by atoms with Crippen LogP contribution in [0.1, 0.15) is 10.4 Å². The minimum Gasteiger partial charge on any atom is -0.507 e. The molecular weight excluding hydrogens is 172 g/mol. The van der Waals surface area contributed by atoms with Crippen LogP contribution in [0.15, 0.2) is 23.6 Å². The summed E-state index contributed by atoms with van der Waals surface area (Å²) >= 11 is 1.46. The smallest absolute Gasteiger partial charge is 0.151 e. The van der Waals surface area contributed by atoms with Gasteiger partial charge in [0.15, 0.2) is 6.29 Å². The highest BCUT2D eigenvalue weighted by Gasteiger charge is 2.05. The van der Waals surface area contributed by atoms with Crippen LogP contribution < -0.4 is 0 Å². The summed E-state index contributed by atoms with van der Waals surface area (Å²) in [5, 5.41) is 11.8. The number of fused-ring (bicyclic) bond motifs is 1. The Morgan fingerprint density at radius 2 is 2.25 bits per heavy atom. The van der Waals surface area contributed by atoms with Gasteiger partial charge in [-0.2, -0.15) is 0 Å². The normalized spacial score (nSPS) is 10.3. The van der Waals surface area contributed by atoms with Crippen LogP contribution in [0.25, 0.3) is 10.1 Å². The summed E-state index contributed by atoms with van der Waals surface area (Å²) in [6, 6.07) is 5.23. The Morgan fingerprint density at radius 3 is 3.00 bits per heavy atom. The van der Waals surface area contributed by atoms with E-state index in [1.807, 2.05) is 6.07 Å². The Hall–Kier alpha value is -1.35. The Bertz CT molecular complexity index is 431. The zero-order valence-corrected chi connectivity index (χ0v) is 6.97. The van der Waals surface area contributed by atoms with Gasteiger partial charge < -0.3 is 5.11 Å². The standard InChI is InChI=1S/C9H6O2S/c10-4-6-5-12-8-3-1-2-7(11)9(6)8/h1-5,11H. The molecule has 3 heteroatoms. The lowest BCUT2D eigenvalue weighted by Crippen LogP contribution is -1.74. The third kappa shape index (κ3) is 0.905. The third-order valence-corrected chi connectivity index (χ3v) is 2.70. The molecule has 2 rings (SSSR count). The molecule has 0 fully saturated rings. The van der Waals surface area contributed by atoms with E-state index in [0.717, 1.165) is 11.0 Å². The van der Waals surface area contributed by atoms with Crippen molar-refractivity contribution < 1.29 is 9.90 Å². The molecule has 0 bridgehead atoms. The molecule has 0 saturated heterocycles. The highest BCUT2D eigenvalue weighted by molar-refractivity contribution is 7.17. The molecule has 0 aliphatic carbocycles. The summed E-state index contributed by atoms with van der Waals surface area (Å²) in [4.78, 5) is 10.5. The number of rotatable bonds is 1. The molecule has 1 heterocycles. The number of aldehydes is 1. The van der Waals surface area contributed by atoms with Gasteiger partial charge in [0.05, 0.1) is 0 Å². The quantitative estimate of drug-likeness (QED) is 0.681. The molecule has 0 amide bonds. The van der Waals surface area contributed by atoms with Gasteiger partial charge in [-0.05, 0) is 12.1 Å². The minimum atomic E-state index is 0.177. The second kappa shape index (κ2) is 2.60. The Labute approximate surface area is 73.1 Å². The predicted molar refractivity (Wildman–Crippen MR) is 48.9 cm³/mol. The van der Waals surface area contributed by atoms with Crippen molar-refractivity contribution in [2.75, 3.05) is 0 Å². The summed E-state index contributed by atoms with van der Waals surface area (Å²) in [6.07, 6.45) is 0.762. The number of hydrogen-bond acceptors (Lipinski definition) is 3. The zero-order valence-electron chi connectivity index (χ0n) is 6.15. The fourth-order valence-corrected chi connectivity index (χ4v) is 2.11. The number of benzene rings is 1. The fraction of sp³-hybridized carbons (Fsp3) is 0. The van der Waals surface area contributed by atoms with Crippen molar-refractivity contribution in [1.82, 2.24) is 0 Å². The molecule has 0 aliphatic heterocycles. The van der Waals surface area contributed by atoms with Crippen LogP contribution >= 0.6 is 11.3 Å². The van der Waals surface area contributed by atoms with Gasteiger partial charge in [0.2, 0.25) is 0 Å². The first-order chi connectivity index (χ1) is 5.83. The van der Waals surface area contributed by atoms with Crippen LogP contribution in [0.2, 0.25) is 0 Å².